The SMILES string of the molecule is Cn1ncc([N+](=O)[O-])c1C1CC[C@@H](NC(=O)OC(C)(C)C)[C@@H](F)CO1. The summed E-state index contributed by atoms with van der Waals surface area (Å²) in [5.74, 6) is 0. The number of halogens is 1. The van der Waals surface area contributed by atoms with E-state index in [0.29, 0.717) is 6.42 Å². The molecule has 1 amide bonds. The Balaban J connectivity index is 2.07. The zero-order valence-electron chi connectivity index (χ0n) is 14.7. The summed E-state index contributed by atoms with van der Waals surface area (Å²) in [7, 11) is 1.57. The normalized spacial score (nSPS) is 24.4. The lowest BCUT2D eigenvalue weighted by Gasteiger charge is -2.24. The minimum absolute atomic E-state index is 0.165. The number of amides is 1. The molecule has 2 rings (SSSR count). The van der Waals surface area contributed by atoms with Crippen LogP contribution in [0.3, 0.4) is 0 Å². The molecule has 1 aromatic rings. The molecule has 0 radical (unpaired) electrons. The number of ether oxygens (including phenoxy) is 2. The van der Waals surface area contributed by atoms with Crippen molar-refractivity contribution in [3.63, 3.8) is 0 Å². The van der Waals surface area contributed by atoms with Crippen LogP contribution in [0.2, 0.25) is 0 Å². The monoisotopic (exact) mass is 358 g/mol. The van der Waals surface area contributed by atoms with Gasteiger partial charge in [0.2, 0.25) is 0 Å². The summed E-state index contributed by atoms with van der Waals surface area (Å²) < 4.78 is 26.3. The van der Waals surface area contributed by atoms with Gasteiger partial charge in [0.1, 0.15) is 29.8 Å². The van der Waals surface area contributed by atoms with E-state index in [1.54, 1.807) is 27.8 Å². The average molecular weight is 358 g/mol. The second-order valence-electron chi connectivity index (χ2n) is 6.96. The van der Waals surface area contributed by atoms with E-state index in [1.807, 2.05) is 0 Å². The van der Waals surface area contributed by atoms with Crippen molar-refractivity contribution >= 4 is 11.8 Å². The molecule has 0 aromatic carbocycles. The number of rotatable bonds is 3. The van der Waals surface area contributed by atoms with Crippen LogP contribution in [0.1, 0.15) is 45.4 Å². The summed E-state index contributed by atoms with van der Waals surface area (Å²) in [6.07, 6.45) is -1.10. The molecule has 3 atom stereocenters. The van der Waals surface area contributed by atoms with Crippen molar-refractivity contribution in [2.75, 3.05) is 6.61 Å². The molecule has 0 saturated carbocycles. The highest BCUT2D eigenvalue weighted by molar-refractivity contribution is 5.68. The Morgan fingerprint density at radius 3 is 2.80 bits per heavy atom. The Hall–Kier alpha value is -2.23. The van der Waals surface area contributed by atoms with E-state index in [-0.39, 0.29) is 24.4 Å². The fourth-order valence-electron chi connectivity index (χ4n) is 2.71. The maximum absolute atomic E-state index is 14.3. The number of hydrogen-bond donors (Lipinski definition) is 1. The van der Waals surface area contributed by atoms with E-state index >= 15 is 0 Å². The molecule has 0 spiro atoms. The van der Waals surface area contributed by atoms with E-state index in [0.717, 1.165) is 6.20 Å². The highest BCUT2D eigenvalue weighted by Crippen LogP contribution is 2.33. The van der Waals surface area contributed by atoms with Crippen molar-refractivity contribution in [3.05, 3.63) is 22.0 Å². The molecule has 10 heteroatoms. The van der Waals surface area contributed by atoms with Crippen LogP contribution in [0, 0.1) is 10.1 Å². The summed E-state index contributed by atoms with van der Waals surface area (Å²) in [6.45, 7) is 4.86. The fraction of sp³-hybridized carbons (Fsp3) is 0.733. The number of carbonyl (C=O) groups excluding carboxylic acids is 1. The summed E-state index contributed by atoms with van der Waals surface area (Å²) in [4.78, 5) is 22.4. The molecule has 140 valence electrons. The third kappa shape index (κ3) is 4.88. The first kappa shape index (κ1) is 19.1. The molecule has 1 aliphatic rings. The Labute approximate surface area is 144 Å². The van der Waals surface area contributed by atoms with Gasteiger partial charge in [0.15, 0.2) is 0 Å². The quantitative estimate of drug-likeness (QED) is 0.656. The van der Waals surface area contributed by atoms with Gasteiger partial charge in [0.05, 0.1) is 17.6 Å². The van der Waals surface area contributed by atoms with Crippen LogP contribution in [0.25, 0.3) is 0 Å². The maximum atomic E-state index is 14.3. The number of nitro groups is 1. The lowest BCUT2D eigenvalue weighted by Crippen LogP contribution is -2.44. The largest absolute Gasteiger partial charge is 0.444 e. The Morgan fingerprint density at radius 1 is 1.52 bits per heavy atom. The van der Waals surface area contributed by atoms with Gasteiger partial charge >= 0.3 is 11.8 Å². The van der Waals surface area contributed by atoms with Crippen molar-refractivity contribution in [1.29, 1.82) is 0 Å². The number of nitrogens with one attached hydrogen (secondary N) is 1. The first-order valence-electron chi connectivity index (χ1n) is 8.00. The first-order valence-corrected chi connectivity index (χ1v) is 8.00. The second kappa shape index (κ2) is 7.34. The van der Waals surface area contributed by atoms with E-state index in [1.165, 1.54) is 4.68 Å². The molecule has 0 bridgehead atoms. The van der Waals surface area contributed by atoms with Crippen LogP contribution in [-0.2, 0) is 16.5 Å². The Kier molecular flexibility index (Phi) is 5.61. The molecule has 25 heavy (non-hydrogen) atoms. The zero-order chi connectivity index (χ0) is 18.8. The van der Waals surface area contributed by atoms with Gasteiger partial charge in [0, 0.05) is 7.05 Å². The van der Waals surface area contributed by atoms with Crippen molar-refractivity contribution in [3.8, 4) is 0 Å². The molecule has 1 fully saturated rings. The highest BCUT2D eigenvalue weighted by atomic mass is 19.1. The lowest BCUT2D eigenvalue weighted by molar-refractivity contribution is -0.386. The second-order valence-corrected chi connectivity index (χ2v) is 6.96. The summed E-state index contributed by atoms with van der Waals surface area (Å²) in [5, 5.41) is 17.5. The zero-order valence-corrected chi connectivity index (χ0v) is 14.7. The molecule has 1 aromatic heterocycles. The topological polar surface area (TPSA) is 109 Å². The molecular weight excluding hydrogens is 335 g/mol. The minimum Gasteiger partial charge on any atom is -0.444 e. The molecule has 2 heterocycles. The number of aromatic nitrogens is 2. The Bertz CT molecular complexity index is 642. The van der Waals surface area contributed by atoms with E-state index < -0.39 is 34.9 Å². The van der Waals surface area contributed by atoms with Gasteiger partial charge in [-0.05, 0) is 33.6 Å². The van der Waals surface area contributed by atoms with Crippen molar-refractivity contribution in [2.45, 2.75) is 57.5 Å². The van der Waals surface area contributed by atoms with Gasteiger partial charge < -0.3 is 14.8 Å². The third-order valence-corrected chi connectivity index (χ3v) is 3.80. The van der Waals surface area contributed by atoms with Crippen molar-refractivity contribution in [2.24, 2.45) is 7.05 Å². The van der Waals surface area contributed by atoms with Gasteiger partial charge in [-0.15, -0.1) is 0 Å². The molecule has 9 nitrogen and oxygen atoms in total. The van der Waals surface area contributed by atoms with Gasteiger partial charge in [-0.2, -0.15) is 5.10 Å². The van der Waals surface area contributed by atoms with Gasteiger partial charge in [-0.1, -0.05) is 0 Å². The summed E-state index contributed by atoms with van der Waals surface area (Å²) in [5.41, 5.74) is -0.564. The lowest BCUT2D eigenvalue weighted by atomic mass is 10.0. The Morgan fingerprint density at radius 2 is 2.20 bits per heavy atom. The number of nitrogens with zero attached hydrogens (tertiary/aromatic N) is 3. The number of carbonyl (C=O) groups is 1. The fourth-order valence-corrected chi connectivity index (χ4v) is 2.71. The molecule has 1 N–H and O–H groups in total. The summed E-state index contributed by atoms with van der Waals surface area (Å²) >= 11 is 0. The standard InChI is InChI=1S/C15H23FN4O5/c1-15(2,3)25-14(21)18-10-5-6-12(24-8-9(10)16)13-11(20(22)23)7-17-19(13)4/h7,9-10,12H,5-6,8H2,1-4H3,(H,18,21)/t9-,10+,12?/m0/s1. The highest BCUT2D eigenvalue weighted by Gasteiger charge is 2.35. The van der Waals surface area contributed by atoms with Gasteiger partial charge in [0.25, 0.3) is 0 Å². The smallest absolute Gasteiger partial charge is 0.407 e. The third-order valence-electron chi connectivity index (χ3n) is 3.80. The summed E-state index contributed by atoms with van der Waals surface area (Å²) in [6, 6.07) is -0.785. The number of alkyl carbamates (subject to hydrolysis) is 1. The number of alkyl halides is 1. The van der Waals surface area contributed by atoms with Crippen LogP contribution in [0.5, 0.6) is 0 Å². The molecule has 1 aliphatic heterocycles. The van der Waals surface area contributed by atoms with Crippen LogP contribution < -0.4 is 5.32 Å². The van der Waals surface area contributed by atoms with Crippen LogP contribution in [-0.4, -0.2) is 45.2 Å². The van der Waals surface area contributed by atoms with Gasteiger partial charge in [-0.25, -0.2) is 9.18 Å². The molecule has 1 unspecified atom stereocenters. The van der Waals surface area contributed by atoms with Crippen LogP contribution in [0.15, 0.2) is 6.20 Å². The maximum Gasteiger partial charge on any atom is 0.407 e. The number of hydrogen-bond acceptors (Lipinski definition) is 6. The molecule has 0 aliphatic carbocycles. The van der Waals surface area contributed by atoms with Crippen LogP contribution in [0.4, 0.5) is 14.9 Å². The predicted molar refractivity (Wildman–Crippen MR) is 85.8 cm³/mol. The molecule has 1 saturated heterocycles. The minimum atomic E-state index is -1.44. The first-order chi connectivity index (χ1) is 11.6. The predicted octanol–water partition coefficient (Wildman–Crippen LogP) is 2.41. The van der Waals surface area contributed by atoms with E-state index in [4.69, 9.17) is 9.47 Å². The van der Waals surface area contributed by atoms with E-state index in [2.05, 4.69) is 10.4 Å². The number of aryl methyl sites for hydroxylation is 1. The van der Waals surface area contributed by atoms with Gasteiger partial charge in [-0.3, -0.25) is 14.8 Å². The van der Waals surface area contributed by atoms with Crippen LogP contribution >= 0.6 is 0 Å². The van der Waals surface area contributed by atoms with E-state index in [9.17, 15) is 19.3 Å². The average Bonchev–Trinajstić information content (AvgIpc) is 2.77. The molecular formula is C15H23FN4O5. The van der Waals surface area contributed by atoms with Crippen molar-refractivity contribution < 1.29 is 23.6 Å². The van der Waals surface area contributed by atoms with Crippen molar-refractivity contribution in [1.82, 2.24) is 15.1 Å².